The number of benzene rings is 1. The number of sulfone groups is 1. The summed E-state index contributed by atoms with van der Waals surface area (Å²) in [5.74, 6) is 0.0847. The number of rotatable bonds is 5. The summed E-state index contributed by atoms with van der Waals surface area (Å²) in [6.07, 6.45) is 0. The number of hydrogen-bond acceptors (Lipinski definition) is 5. The van der Waals surface area contributed by atoms with Crippen molar-refractivity contribution in [3.05, 3.63) is 23.8 Å². The van der Waals surface area contributed by atoms with E-state index in [4.69, 9.17) is 11.5 Å². The molecule has 0 unspecified atom stereocenters. The molecule has 0 saturated heterocycles. The Morgan fingerprint density at radius 1 is 1.29 bits per heavy atom. The van der Waals surface area contributed by atoms with E-state index in [-0.39, 0.29) is 10.6 Å². The van der Waals surface area contributed by atoms with Crippen LogP contribution < -0.4 is 11.5 Å². The normalized spacial score (nSPS) is 12.0. The van der Waals surface area contributed by atoms with Gasteiger partial charge in [0, 0.05) is 18.8 Å². The molecule has 0 aliphatic heterocycles. The van der Waals surface area contributed by atoms with Crippen LogP contribution in [0.4, 0.5) is 5.69 Å². The maximum atomic E-state index is 12.0. The van der Waals surface area contributed by atoms with E-state index in [0.29, 0.717) is 18.8 Å². The first kappa shape index (κ1) is 14.0. The third-order valence-electron chi connectivity index (χ3n) is 2.50. The number of nitrogen functional groups attached to an aromatic ring is 1. The van der Waals surface area contributed by atoms with Crippen LogP contribution in [0.25, 0.3) is 0 Å². The van der Waals surface area contributed by atoms with Gasteiger partial charge in [-0.25, -0.2) is 8.42 Å². The van der Waals surface area contributed by atoms with Crippen molar-refractivity contribution in [1.29, 1.82) is 0 Å². The Balaban J connectivity index is 2.96. The molecule has 4 N–H and O–H groups in total. The van der Waals surface area contributed by atoms with Crippen LogP contribution >= 0.6 is 0 Å². The SMILES string of the molecule is CN(C)CCS(=O)(=O)c1ccc(CN)c(N)c1. The van der Waals surface area contributed by atoms with E-state index in [2.05, 4.69) is 0 Å². The van der Waals surface area contributed by atoms with Gasteiger partial charge in [0.05, 0.1) is 10.6 Å². The number of hydrogen-bond donors (Lipinski definition) is 2. The second-order valence-electron chi connectivity index (χ2n) is 4.19. The van der Waals surface area contributed by atoms with Crippen LogP contribution in [0.5, 0.6) is 0 Å². The molecule has 0 bridgehead atoms. The summed E-state index contributed by atoms with van der Waals surface area (Å²) in [5.41, 5.74) is 12.4. The molecule has 6 heteroatoms. The Bertz CT molecular complexity index is 483. The summed E-state index contributed by atoms with van der Waals surface area (Å²) in [4.78, 5) is 2.09. The summed E-state index contributed by atoms with van der Waals surface area (Å²) >= 11 is 0. The van der Waals surface area contributed by atoms with E-state index >= 15 is 0 Å². The van der Waals surface area contributed by atoms with Gasteiger partial charge in [0.25, 0.3) is 0 Å². The molecule has 0 aromatic heterocycles. The molecular formula is C11H19N3O2S. The van der Waals surface area contributed by atoms with Crippen LogP contribution in [-0.4, -0.2) is 39.7 Å². The molecule has 1 aromatic carbocycles. The Morgan fingerprint density at radius 2 is 1.94 bits per heavy atom. The Hall–Kier alpha value is -1.11. The lowest BCUT2D eigenvalue weighted by Crippen LogP contribution is -2.22. The van der Waals surface area contributed by atoms with Gasteiger partial charge in [0.1, 0.15) is 0 Å². The molecule has 0 fully saturated rings. The van der Waals surface area contributed by atoms with Gasteiger partial charge in [-0.05, 0) is 31.8 Å². The topological polar surface area (TPSA) is 89.4 Å². The van der Waals surface area contributed by atoms with Crippen LogP contribution in [0.15, 0.2) is 23.1 Å². The summed E-state index contributed by atoms with van der Waals surface area (Å²) in [6.45, 7) is 0.796. The maximum absolute atomic E-state index is 12.0. The lowest BCUT2D eigenvalue weighted by atomic mass is 10.2. The van der Waals surface area contributed by atoms with E-state index in [1.54, 1.807) is 12.1 Å². The highest BCUT2D eigenvalue weighted by Gasteiger charge is 2.15. The van der Waals surface area contributed by atoms with Gasteiger partial charge in [-0.2, -0.15) is 0 Å². The van der Waals surface area contributed by atoms with E-state index in [0.717, 1.165) is 5.56 Å². The van der Waals surface area contributed by atoms with Crippen molar-refractivity contribution >= 4 is 15.5 Å². The molecule has 96 valence electrons. The summed E-state index contributed by atoms with van der Waals surface area (Å²) in [5, 5.41) is 0. The summed E-state index contributed by atoms with van der Waals surface area (Å²) in [6, 6.07) is 4.70. The molecule has 0 radical (unpaired) electrons. The minimum atomic E-state index is -3.27. The number of anilines is 1. The molecule has 0 amide bonds. The standard InChI is InChI=1S/C11H19N3O2S/c1-14(2)5-6-17(15,16)10-4-3-9(8-12)11(13)7-10/h3-4,7H,5-6,8,12-13H2,1-2H3. The van der Waals surface area contributed by atoms with Gasteiger partial charge in [-0.3, -0.25) is 0 Å². The molecule has 0 atom stereocenters. The minimum Gasteiger partial charge on any atom is -0.398 e. The maximum Gasteiger partial charge on any atom is 0.179 e. The average molecular weight is 257 g/mol. The Morgan fingerprint density at radius 3 is 2.41 bits per heavy atom. The average Bonchev–Trinajstić information content (AvgIpc) is 2.26. The predicted octanol–water partition coefficient (Wildman–Crippen LogP) is 0.0628. The zero-order valence-electron chi connectivity index (χ0n) is 10.2. The molecule has 0 spiro atoms. The van der Waals surface area contributed by atoms with Crippen molar-refractivity contribution in [3.63, 3.8) is 0 Å². The zero-order chi connectivity index (χ0) is 13.1. The first-order chi connectivity index (χ1) is 7.86. The highest BCUT2D eigenvalue weighted by Crippen LogP contribution is 2.18. The highest BCUT2D eigenvalue weighted by molar-refractivity contribution is 7.91. The monoisotopic (exact) mass is 257 g/mol. The Kier molecular flexibility index (Phi) is 4.50. The number of nitrogens with zero attached hydrogens (tertiary/aromatic N) is 1. The van der Waals surface area contributed by atoms with Crippen molar-refractivity contribution < 1.29 is 8.42 Å². The van der Waals surface area contributed by atoms with Gasteiger partial charge >= 0.3 is 0 Å². The largest absolute Gasteiger partial charge is 0.398 e. The van der Waals surface area contributed by atoms with Gasteiger partial charge in [0.15, 0.2) is 9.84 Å². The van der Waals surface area contributed by atoms with E-state index in [1.807, 2.05) is 19.0 Å². The first-order valence-electron chi connectivity index (χ1n) is 5.33. The Labute approximate surface area is 102 Å². The van der Waals surface area contributed by atoms with Gasteiger partial charge in [-0.1, -0.05) is 6.07 Å². The molecule has 1 aromatic rings. The lowest BCUT2D eigenvalue weighted by molar-refractivity contribution is 0.432. The zero-order valence-corrected chi connectivity index (χ0v) is 11.0. The van der Waals surface area contributed by atoms with Crippen molar-refractivity contribution in [3.8, 4) is 0 Å². The van der Waals surface area contributed by atoms with Crippen LogP contribution in [0.2, 0.25) is 0 Å². The lowest BCUT2D eigenvalue weighted by Gasteiger charge is -2.11. The van der Waals surface area contributed by atoms with Crippen LogP contribution in [0.3, 0.4) is 0 Å². The summed E-state index contributed by atoms with van der Waals surface area (Å²) < 4.78 is 23.9. The van der Waals surface area contributed by atoms with Crippen LogP contribution in [0.1, 0.15) is 5.56 Å². The molecular weight excluding hydrogens is 238 g/mol. The fourth-order valence-corrected chi connectivity index (χ4v) is 2.80. The fourth-order valence-electron chi connectivity index (χ4n) is 1.37. The second-order valence-corrected chi connectivity index (χ2v) is 6.30. The molecule has 0 aliphatic rings. The van der Waals surface area contributed by atoms with E-state index in [1.165, 1.54) is 6.07 Å². The molecule has 0 aliphatic carbocycles. The van der Waals surface area contributed by atoms with Gasteiger partial charge < -0.3 is 16.4 Å². The summed E-state index contributed by atoms with van der Waals surface area (Å²) in [7, 11) is 0.404. The quantitative estimate of drug-likeness (QED) is 0.728. The van der Waals surface area contributed by atoms with Crippen molar-refractivity contribution in [1.82, 2.24) is 4.90 Å². The van der Waals surface area contributed by atoms with Gasteiger partial charge in [0.2, 0.25) is 0 Å². The minimum absolute atomic E-state index is 0.0847. The van der Waals surface area contributed by atoms with Crippen LogP contribution in [0, 0.1) is 0 Å². The predicted molar refractivity (Wildman–Crippen MR) is 69.4 cm³/mol. The molecule has 1 rings (SSSR count). The number of nitrogens with two attached hydrogens (primary N) is 2. The smallest absolute Gasteiger partial charge is 0.179 e. The van der Waals surface area contributed by atoms with Crippen LogP contribution in [-0.2, 0) is 16.4 Å². The van der Waals surface area contributed by atoms with E-state index in [9.17, 15) is 8.42 Å². The van der Waals surface area contributed by atoms with Crippen molar-refractivity contribution in [2.75, 3.05) is 32.1 Å². The van der Waals surface area contributed by atoms with E-state index < -0.39 is 9.84 Å². The highest BCUT2D eigenvalue weighted by atomic mass is 32.2. The first-order valence-corrected chi connectivity index (χ1v) is 6.98. The third kappa shape index (κ3) is 3.69. The fraction of sp³-hybridized carbons (Fsp3) is 0.455. The second kappa shape index (κ2) is 5.48. The third-order valence-corrected chi connectivity index (χ3v) is 4.20. The molecule has 5 nitrogen and oxygen atoms in total. The molecule has 17 heavy (non-hydrogen) atoms. The molecule has 0 heterocycles. The van der Waals surface area contributed by atoms with Gasteiger partial charge in [-0.15, -0.1) is 0 Å². The molecule has 0 saturated carbocycles. The van der Waals surface area contributed by atoms with Crippen molar-refractivity contribution in [2.45, 2.75) is 11.4 Å². The van der Waals surface area contributed by atoms with Crippen molar-refractivity contribution in [2.24, 2.45) is 5.73 Å².